The summed E-state index contributed by atoms with van der Waals surface area (Å²) in [5.74, 6) is 0.336. The van der Waals surface area contributed by atoms with Crippen LogP contribution in [0, 0.1) is 5.92 Å². The molecule has 0 aromatic rings. The van der Waals surface area contributed by atoms with E-state index in [0.717, 1.165) is 25.8 Å². The normalized spacial score (nSPS) is 13.4. The molecule has 0 spiro atoms. The van der Waals surface area contributed by atoms with Crippen LogP contribution in [0.3, 0.4) is 0 Å². The molecule has 0 bridgehead atoms. The molecule has 0 fully saturated rings. The molecule has 18 heavy (non-hydrogen) atoms. The van der Waals surface area contributed by atoms with Crippen molar-refractivity contribution < 1.29 is 14.6 Å². The molecule has 0 rings (SSSR count). The number of carbonyl (C=O) groups is 1. The van der Waals surface area contributed by atoms with Crippen molar-refractivity contribution in [3.05, 3.63) is 0 Å². The largest absolute Gasteiger partial charge is 0.460 e. The van der Waals surface area contributed by atoms with Crippen molar-refractivity contribution in [2.45, 2.75) is 59.0 Å². The van der Waals surface area contributed by atoms with Crippen molar-refractivity contribution in [1.82, 2.24) is 5.32 Å². The van der Waals surface area contributed by atoms with Gasteiger partial charge in [0.1, 0.15) is 5.60 Å². The van der Waals surface area contributed by atoms with Crippen molar-refractivity contribution in [1.29, 1.82) is 0 Å². The highest BCUT2D eigenvalue weighted by Crippen LogP contribution is 2.10. The molecule has 0 aliphatic rings. The maximum atomic E-state index is 11.5. The molecule has 0 saturated heterocycles. The van der Waals surface area contributed by atoms with Crippen LogP contribution >= 0.6 is 0 Å². The van der Waals surface area contributed by atoms with Gasteiger partial charge in [0.15, 0.2) is 0 Å². The Kier molecular flexibility index (Phi) is 9.02. The zero-order valence-corrected chi connectivity index (χ0v) is 12.3. The number of aliphatic hydroxyl groups is 1. The molecule has 1 unspecified atom stereocenters. The molecule has 0 radical (unpaired) electrons. The lowest BCUT2D eigenvalue weighted by Crippen LogP contribution is -2.29. The second-order valence-electron chi connectivity index (χ2n) is 5.71. The van der Waals surface area contributed by atoms with Crippen molar-refractivity contribution in [3.63, 3.8) is 0 Å². The fourth-order valence-electron chi connectivity index (χ4n) is 1.83. The summed E-state index contributed by atoms with van der Waals surface area (Å²) in [4.78, 5) is 11.5. The number of rotatable bonds is 9. The topological polar surface area (TPSA) is 58.6 Å². The first-order valence-corrected chi connectivity index (χ1v) is 6.92. The maximum absolute atomic E-state index is 11.5. The quantitative estimate of drug-likeness (QED) is 0.492. The second kappa shape index (κ2) is 9.34. The zero-order chi connectivity index (χ0) is 14.0. The summed E-state index contributed by atoms with van der Waals surface area (Å²) in [5, 5.41) is 12.2. The second-order valence-corrected chi connectivity index (χ2v) is 5.71. The van der Waals surface area contributed by atoms with Crippen LogP contribution in [0.25, 0.3) is 0 Å². The molecule has 0 heterocycles. The first-order valence-electron chi connectivity index (χ1n) is 6.92. The van der Waals surface area contributed by atoms with E-state index < -0.39 is 5.60 Å². The molecule has 0 amide bonds. The highest BCUT2D eigenvalue weighted by Gasteiger charge is 2.15. The highest BCUT2D eigenvalue weighted by atomic mass is 16.6. The van der Waals surface area contributed by atoms with Gasteiger partial charge in [-0.05, 0) is 46.1 Å². The Labute approximate surface area is 111 Å². The van der Waals surface area contributed by atoms with Crippen LogP contribution in [0.5, 0.6) is 0 Å². The van der Waals surface area contributed by atoms with Crippen molar-refractivity contribution >= 4 is 5.97 Å². The first kappa shape index (κ1) is 17.4. The van der Waals surface area contributed by atoms with Gasteiger partial charge in [-0.2, -0.15) is 0 Å². The monoisotopic (exact) mass is 259 g/mol. The third-order valence-electron chi connectivity index (χ3n) is 2.59. The number of hydrogen-bond acceptors (Lipinski definition) is 4. The van der Waals surface area contributed by atoms with Crippen molar-refractivity contribution in [3.8, 4) is 0 Å². The molecule has 0 saturated carbocycles. The number of carbonyl (C=O) groups excluding carboxylic acids is 1. The van der Waals surface area contributed by atoms with E-state index in [9.17, 15) is 4.79 Å². The van der Waals surface area contributed by atoms with Gasteiger partial charge in [-0.3, -0.25) is 4.79 Å². The first-order chi connectivity index (χ1) is 8.39. The van der Waals surface area contributed by atoms with Gasteiger partial charge < -0.3 is 15.2 Å². The van der Waals surface area contributed by atoms with E-state index in [4.69, 9.17) is 9.84 Å². The molecular formula is C14H29NO3. The van der Waals surface area contributed by atoms with Gasteiger partial charge in [0.05, 0.1) is 6.42 Å². The van der Waals surface area contributed by atoms with Gasteiger partial charge >= 0.3 is 5.97 Å². The van der Waals surface area contributed by atoms with E-state index in [2.05, 4.69) is 12.2 Å². The zero-order valence-electron chi connectivity index (χ0n) is 12.3. The average molecular weight is 259 g/mol. The fourth-order valence-corrected chi connectivity index (χ4v) is 1.83. The van der Waals surface area contributed by atoms with Gasteiger partial charge in [0, 0.05) is 13.2 Å². The summed E-state index contributed by atoms with van der Waals surface area (Å²) < 4.78 is 5.22. The van der Waals surface area contributed by atoms with Crippen LogP contribution in [0.15, 0.2) is 0 Å². The summed E-state index contributed by atoms with van der Waals surface area (Å²) in [7, 11) is 0. The molecular weight excluding hydrogens is 230 g/mol. The van der Waals surface area contributed by atoms with Gasteiger partial charge in [0.2, 0.25) is 0 Å². The van der Waals surface area contributed by atoms with Crippen LogP contribution in [0.1, 0.15) is 53.4 Å². The standard InChI is InChI=1S/C14H29NO3/c1-5-6-12(8-10-16)11-15-9-7-13(17)18-14(2,3)4/h12,15-16H,5-11H2,1-4H3. The number of esters is 1. The Hall–Kier alpha value is -0.610. The van der Waals surface area contributed by atoms with E-state index in [1.807, 2.05) is 20.8 Å². The molecule has 0 aromatic carbocycles. The molecule has 1 atom stereocenters. The minimum atomic E-state index is -0.404. The minimum Gasteiger partial charge on any atom is -0.460 e. The Morgan fingerprint density at radius 3 is 2.50 bits per heavy atom. The Morgan fingerprint density at radius 1 is 1.33 bits per heavy atom. The summed E-state index contributed by atoms with van der Waals surface area (Å²) >= 11 is 0. The number of aliphatic hydroxyl groups excluding tert-OH is 1. The summed E-state index contributed by atoms with van der Waals surface area (Å²) in [5.41, 5.74) is -0.404. The van der Waals surface area contributed by atoms with Gasteiger partial charge in [-0.1, -0.05) is 13.3 Å². The lowest BCUT2D eigenvalue weighted by atomic mass is 10.0. The summed E-state index contributed by atoms with van der Waals surface area (Å²) in [6.07, 6.45) is 3.46. The van der Waals surface area contributed by atoms with Crippen LogP contribution in [0.2, 0.25) is 0 Å². The lowest BCUT2D eigenvalue weighted by Gasteiger charge is -2.20. The van der Waals surface area contributed by atoms with Crippen LogP contribution in [0.4, 0.5) is 0 Å². The predicted molar refractivity (Wildman–Crippen MR) is 73.4 cm³/mol. The van der Waals surface area contributed by atoms with E-state index in [-0.39, 0.29) is 12.6 Å². The number of hydrogen-bond donors (Lipinski definition) is 2. The van der Waals surface area contributed by atoms with E-state index in [1.54, 1.807) is 0 Å². The third-order valence-corrected chi connectivity index (χ3v) is 2.59. The molecule has 0 aromatic heterocycles. The SMILES string of the molecule is CCCC(CCO)CNCCC(=O)OC(C)(C)C. The Morgan fingerprint density at radius 2 is 2.00 bits per heavy atom. The maximum Gasteiger partial charge on any atom is 0.307 e. The van der Waals surface area contributed by atoms with Gasteiger partial charge in [-0.15, -0.1) is 0 Å². The average Bonchev–Trinajstić information content (AvgIpc) is 2.22. The van der Waals surface area contributed by atoms with E-state index in [0.29, 0.717) is 18.9 Å². The molecule has 4 heteroatoms. The van der Waals surface area contributed by atoms with Crippen LogP contribution < -0.4 is 5.32 Å². The van der Waals surface area contributed by atoms with Crippen molar-refractivity contribution in [2.75, 3.05) is 19.7 Å². The minimum absolute atomic E-state index is 0.163. The lowest BCUT2D eigenvalue weighted by molar-refractivity contribution is -0.154. The van der Waals surface area contributed by atoms with Crippen LogP contribution in [-0.2, 0) is 9.53 Å². The van der Waals surface area contributed by atoms with Crippen molar-refractivity contribution in [2.24, 2.45) is 5.92 Å². The van der Waals surface area contributed by atoms with Gasteiger partial charge in [-0.25, -0.2) is 0 Å². The molecule has 4 nitrogen and oxygen atoms in total. The summed E-state index contributed by atoms with van der Waals surface area (Å²) in [6.45, 7) is 9.49. The van der Waals surface area contributed by atoms with Crippen LogP contribution in [-0.4, -0.2) is 36.4 Å². The highest BCUT2D eigenvalue weighted by molar-refractivity contribution is 5.70. The molecule has 108 valence electrons. The van der Waals surface area contributed by atoms with Gasteiger partial charge in [0.25, 0.3) is 0 Å². The number of ether oxygens (including phenoxy) is 1. The Bertz CT molecular complexity index is 218. The molecule has 0 aliphatic carbocycles. The third kappa shape index (κ3) is 10.5. The Balaban J connectivity index is 3.67. The fraction of sp³-hybridized carbons (Fsp3) is 0.929. The van der Waals surface area contributed by atoms with E-state index in [1.165, 1.54) is 0 Å². The molecule has 2 N–H and O–H groups in total. The van der Waals surface area contributed by atoms with E-state index >= 15 is 0 Å². The molecule has 0 aliphatic heterocycles. The predicted octanol–water partition coefficient (Wildman–Crippen LogP) is 2.11. The smallest absolute Gasteiger partial charge is 0.307 e. The number of nitrogens with one attached hydrogen (secondary N) is 1. The summed E-state index contributed by atoms with van der Waals surface area (Å²) in [6, 6.07) is 0.